The molecule has 3 unspecified atom stereocenters. The van der Waals surface area contributed by atoms with Crippen molar-refractivity contribution in [3.05, 3.63) is 10.1 Å². The first kappa shape index (κ1) is 20.2. The minimum absolute atomic E-state index is 0.203. The second-order valence-electron chi connectivity index (χ2n) is 6.21. The number of thioether (sulfide) groups is 1. The Bertz CT molecular complexity index is 408. The third-order valence-corrected chi connectivity index (χ3v) is 5.16. The maximum absolute atomic E-state index is 10.6. The van der Waals surface area contributed by atoms with Gasteiger partial charge in [0.2, 0.25) is 5.17 Å². The smallest absolute Gasteiger partial charge is 0.237 e. The molecule has 1 fully saturated rings. The summed E-state index contributed by atoms with van der Waals surface area (Å²) in [6.07, 6.45) is 4.28. The van der Waals surface area contributed by atoms with Gasteiger partial charge in [-0.3, -0.25) is 0 Å². The number of hydrogen-bond acceptors (Lipinski definition) is 5. The summed E-state index contributed by atoms with van der Waals surface area (Å²) in [7, 11) is 1.87. The molecule has 0 amide bonds. The summed E-state index contributed by atoms with van der Waals surface area (Å²) in [5.41, 5.74) is 0. The van der Waals surface area contributed by atoms with E-state index in [-0.39, 0.29) is 6.04 Å². The van der Waals surface area contributed by atoms with E-state index in [1.54, 1.807) is 0 Å². The molecule has 134 valence electrons. The van der Waals surface area contributed by atoms with Gasteiger partial charge in [-0.05, 0) is 45.4 Å². The largest absolute Gasteiger partial charge is 0.378 e. The van der Waals surface area contributed by atoms with Gasteiger partial charge in [0.25, 0.3) is 0 Å². The molecule has 23 heavy (non-hydrogen) atoms. The lowest BCUT2D eigenvalue weighted by Gasteiger charge is -2.29. The molecular formula is C15H30N4O3S. The van der Waals surface area contributed by atoms with Gasteiger partial charge in [0.05, 0.1) is 17.8 Å². The molecule has 1 saturated heterocycles. The Morgan fingerprint density at radius 2 is 2.26 bits per heavy atom. The van der Waals surface area contributed by atoms with Crippen LogP contribution in [0, 0.1) is 16.0 Å². The van der Waals surface area contributed by atoms with E-state index < -0.39 is 5.03 Å². The highest BCUT2D eigenvalue weighted by atomic mass is 32.2. The molecule has 1 aliphatic heterocycles. The molecule has 0 radical (unpaired) electrons. The van der Waals surface area contributed by atoms with Crippen molar-refractivity contribution in [2.45, 2.75) is 45.8 Å². The fourth-order valence-corrected chi connectivity index (χ4v) is 3.47. The molecule has 3 atom stereocenters. The number of nitrogens with zero attached hydrogens (tertiary/aromatic N) is 4. The minimum atomic E-state index is -0.630. The second kappa shape index (κ2) is 10.1. The minimum Gasteiger partial charge on any atom is -0.378 e. The van der Waals surface area contributed by atoms with Gasteiger partial charge in [0.1, 0.15) is 0 Å². The molecule has 1 rings (SSSR count). The van der Waals surface area contributed by atoms with Crippen LogP contribution in [-0.2, 0) is 4.74 Å². The van der Waals surface area contributed by atoms with E-state index in [2.05, 4.69) is 30.8 Å². The van der Waals surface area contributed by atoms with Crippen molar-refractivity contribution in [1.29, 1.82) is 0 Å². The maximum Gasteiger partial charge on any atom is 0.237 e. The van der Waals surface area contributed by atoms with Gasteiger partial charge in [-0.15, -0.1) is 0 Å². The highest BCUT2D eigenvalue weighted by Gasteiger charge is 2.24. The third-order valence-electron chi connectivity index (χ3n) is 4.42. The standard InChI is InChI=1S/C15H30N4O3S/c1-6-18(10-14-9-13(3)22-11-14)8-7-12(2)17(4)15(23-5)16-19(20)21/h12-14H,6-11H2,1-5H3. The van der Waals surface area contributed by atoms with E-state index in [0.29, 0.717) is 17.2 Å². The zero-order valence-corrected chi connectivity index (χ0v) is 15.7. The van der Waals surface area contributed by atoms with Crippen LogP contribution in [-0.4, -0.2) is 71.7 Å². The molecule has 8 heteroatoms. The Morgan fingerprint density at radius 1 is 1.57 bits per heavy atom. The van der Waals surface area contributed by atoms with E-state index in [1.807, 2.05) is 18.2 Å². The predicted molar refractivity (Wildman–Crippen MR) is 95.4 cm³/mol. The first-order valence-corrected chi connectivity index (χ1v) is 9.43. The van der Waals surface area contributed by atoms with Gasteiger partial charge in [0.15, 0.2) is 5.03 Å². The van der Waals surface area contributed by atoms with Gasteiger partial charge in [0, 0.05) is 26.2 Å². The van der Waals surface area contributed by atoms with Gasteiger partial charge >= 0.3 is 0 Å². The van der Waals surface area contributed by atoms with Crippen LogP contribution in [0.4, 0.5) is 0 Å². The average molecular weight is 346 g/mol. The van der Waals surface area contributed by atoms with Crippen LogP contribution < -0.4 is 0 Å². The zero-order valence-electron chi connectivity index (χ0n) is 14.9. The van der Waals surface area contributed by atoms with Crippen LogP contribution in [0.25, 0.3) is 0 Å². The molecule has 0 aromatic rings. The number of amidine groups is 1. The normalized spacial score (nSPS) is 23.3. The average Bonchev–Trinajstić information content (AvgIpc) is 2.92. The molecule has 0 spiro atoms. The summed E-state index contributed by atoms with van der Waals surface area (Å²) in [6, 6.07) is 0.203. The van der Waals surface area contributed by atoms with Crippen molar-refractivity contribution in [2.24, 2.45) is 11.0 Å². The molecular weight excluding hydrogens is 316 g/mol. The Balaban J connectivity index is 2.45. The first-order valence-electron chi connectivity index (χ1n) is 8.21. The van der Waals surface area contributed by atoms with E-state index >= 15 is 0 Å². The molecule has 0 aromatic carbocycles. The third kappa shape index (κ3) is 7.05. The molecule has 1 heterocycles. The lowest BCUT2D eigenvalue weighted by molar-refractivity contribution is -0.485. The maximum atomic E-state index is 10.6. The van der Waals surface area contributed by atoms with Crippen molar-refractivity contribution in [1.82, 2.24) is 9.80 Å². The van der Waals surface area contributed by atoms with Crippen molar-refractivity contribution >= 4 is 16.9 Å². The number of hydrazone groups is 1. The highest BCUT2D eigenvalue weighted by molar-refractivity contribution is 8.13. The summed E-state index contributed by atoms with van der Waals surface area (Å²) in [5.74, 6) is 0.621. The Hall–Kier alpha value is -0.860. The summed E-state index contributed by atoms with van der Waals surface area (Å²) in [4.78, 5) is 14.9. The summed E-state index contributed by atoms with van der Waals surface area (Å²) >= 11 is 1.31. The molecule has 0 N–H and O–H groups in total. The molecule has 0 aromatic heterocycles. The molecule has 0 bridgehead atoms. The van der Waals surface area contributed by atoms with E-state index in [0.717, 1.165) is 39.1 Å². The number of hydrogen-bond donors (Lipinski definition) is 0. The Morgan fingerprint density at radius 3 is 2.74 bits per heavy atom. The van der Waals surface area contributed by atoms with Crippen LogP contribution in [0.15, 0.2) is 5.10 Å². The summed E-state index contributed by atoms with van der Waals surface area (Å²) in [5, 5.41) is 13.9. The van der Waals surface area contributed by atoms with Gasteiger partial charge in [-0.1, -0.05) is 18.7 Å². The van der Waals surface area contributed by atoms with Crippen LogP contribution >= 0.6 is 11.8 Å². The zero-order chi connectivity index (χ0) is 17.4. The van der Waals surface area contributed by atoms with Gasteiger partial charge in [-0.25, -0.2) is 10.1 Å². The lowest BCUT2D eigenvalue weighted by atomic mass is 10.1. The van der Waals surface area contributed by atoms with Gasteiger partial charge in [-0.2, -0.15) is 0 Å². The fourth-order valence-electron chi connectivity index (χ4n) is 2.85. The topological polar surface area (TPSA) is 71.2 Å². The first-order chi connectivity index (χ1) is 10.9. The van der Waals surface area contributed by atoms with E-state index in [9.17, 15) is 10.1 Å². The number of rotatable bonds is 8. The van der Waals surface area contributed by atoms with Crippen LogP contribution in [0.3, 0.4) is 0 Å². The van der Waals surface area contributed by atoms with E-state index in [1.165, 1.54) is 11.8 Å². The Labute approximate surface area is 143 Å². The highest BCUT2D eigenvalue weighted by Crippen LogP contribution is 2.20. The summed E-state index contributed by atoms with van der Waals surface area (Å²) in [6.45, 7) is 10.3. The lowest BCUT2D eigenvalue weighted by Crippen LogP contribution is -2.38. The van der Waals surface area contributed by atoms with Crippen molar-refractivity contribution in [3.8, 4) is 0 Å². The molecule has 1 aliphatic rings. The van der Waals surface area contributed by atoms with Crippen LogP contribution in [0.5, 0.6) is 0 Å². The van der Waals surface area contributed by atoms with Crippen LogP contribution in [0.2, 0.25) is 0 Å². The quantitative estimate of drug-likeness (QED) is 0.291. The van der Waals surface area contributed by atoms with Crippen LogP contribution in [0.1, 0.15) is 33.6 Å². The SMILES string of the molecule is CCN(CCC(C)N(C)C(=N[N+](=O)[O-])SC)CC1COC(C)C1. The summed E-state index contributed by atoms with van der Waals surface area (Å²) < 4.78 is 5.64. The molecule has 0 aliphatic carbocycles. The Kier molecular flexibility index (Phi) is 8.86. The fraction of sp³-hybridized carbons (Fsp3) is 0.933. The van der Waals surface area contributed by atoms with Crippen molar-refractivity contribution in [2.75, 3.05) is 39.5 Å². The van der Waals surface area contributed by atoms with Crippen molar-refractivity contribution < 1.29 is 9.77 Å². The number of ether oxygens (including phenoxy) is 1. The van der Waals surface area contributed by atoms with Gasteiger partial charge < -0.3 is 14.5 Å². The monoisotopic (exact) mass is 346 g/mol. The second-order valence-corrected chi connectivity index (χ2v) is 6.99. The molecule has 0 saturated carbocycles. The molecule has 7 nitrogen and oxygen atoms in total. The van der Waals surface area contributed by atoms with Crippen molar-refractivity contribution in [3.63, 3.8) is 0 Å². The predicted octanol–water partition coefficient (Wildman–Crippen LogP) is 2.35. The van der Waals surface area contributed by atoms with E-state index in [4.69, 9.17) is 4.74 Å². The number of nitro groups is 1.